The molecule has 29 heavy (non-hydrogen) atoms. The van der Waals surface area contributed by atoms with Crippen molar-refractivity contribution in [2.75, 3.05) is 13.1 Å². The second kappa shape index (κ2) is 9.23. The largest absolute Gasteiger partial charge is 0.386 e. The minimum Gasteiger partial charge on any atom is -0.386 e. The molecule has 3 heterocycles. The molecule has 4 nitrogen and oxygen atoms in total. The summed E-state index contributed by atoms with van der Waals surface area (Å²) in [5, 5.41) is 12.7. The Labute approximate surface area is 181 Å². The molecule has 150 valence electrons. The first kappa shape index (κ1) is 20.3. The van der Waals surface area contributed by atoms with E-state index in [1.54, 1.807) is 18.5 Å². The van der Waals surface area contributed by atoms with Gasteiger partial charge >= 0.3 is 0 Å². The highest BCUT2D eigenvalue weighted by molar-refractivity contribution is 6.35. The van der Waals surface area contributed by atoms with Crippen LogP contribution in [0.15, 0.2) is 60.9 Å². The van der Waals surface area contributed by atoms with Gasteiger partial charge in [0, 0.05) is 33.6 Å². The first-order valence-electron chi connectivity index (χ1n) is 9.88. The van der Waals surface area contributed by atoms with Gasteiger partial charge in [0.05, 0.1) is 17.4 Å². The topological polar surface area (TPSA) is 49.3 Å². The Morgan fingerprint density at radius 3 is 2.28 bits per heavy atom. The van der Waals surface area contributed by atoms with Crippen molar-refractivity contribution in [1.82, 2.24) is 14.9 Å². The molecule has 0 radical (unpaired) electrons. The minimum absolute atomic E-state index is 0.242. The van der Waals surface area contributed by atoms with Gasteiger partial charge in [-0.15, -0.1) is 0 Å². The molecule has 0 saturated carbocycles. The van der Waals surface area contributed by atoms with Crippen molar-refractivity contribution in [2.24, 2.45) is 0 Å². The summed E-state index contributed by atoms with van der Waals surface area (Å²) in [5.41, 5.74) is 3.07. The molecule has 0 amide bonds. The number of hydrogen-bond acceptors (Lipinski definition) is 4. The van der Waals surface area contributed by atoms with Crippen molar-refractivity contribution < 1.29 is 5.11 Å². The summed E-state index contributed by atoms with van der Waals surface area (Å²) in [6.07, 6.45) is 6.18. The molecule has 1 aliphatic heterocycles. The first-order valence-corrected chi connectivity index (χ1v) is 10.6. The molecule has 4 rings (SSSR count). The van der Waals surface area contributed by atoms with Gasteiger partial charge in [-0.2, -0.15) is 0 Å². The van der Waals surface area contributed by atoms with Gasteiger partial charge < -0.3 is 5.11 Å². The Hall–Kier alpha value is -1.98. The second-order valence-electron chi connectivity index (χ2n) is 7.34. The van der Waals surface area contributed by atoms with E-state index < -0.39 is 6.10 Å². The van der Waals surface area contributed by atoms with Crippen LogP contribution in [0.1, 0.15) is 42.7 Å². The van der Waals surface area contributed by atoms with Crippen LogP contribution in [0, 0.1) is 0 Å². The van der Waals surface area contributed by atoms with Crippen LogP contribution in [0.5, 0.6) is 0 Å². The number of nitrogens with zero attached hydrogens (tertiary/aromatic N) is 3. The number of aliphatic hydroxyl groups excluding tert-OH is 1. The van der Waals surface area contributed by atoms with E-state index in [0.717, 1.165) is 42.8 Å². The van der Waals surface area contributed by atoms with Crippen molar-refractivity contribution in [3.05, 3.63) is 82.2 Å². The Bertz CT molecular complexity index is 941. The van der Waals surface area contributed by atoms with Crippen molar-refractivity contribution in [3.63, 3.8) is 0 Å². The third-order valence-corrected chi connectivity index (χ3v) is 5.80. The predicted molar refractivity (Wildman–Crippen MR) is 117 cm³/mol. The third kappa shape index (κ3) is 4.62. The van der Waals surface area contributed by atoms with Gasteiger partial charge in [-0.3, -0.25) is 14.9 Å². The second-order valence-corrected chi connectivity index (χ2v) is 8.21. The highest BCUT2D eigenvalue weighted by Gasteiger charge is 2.32. The van der Waals surface area contributed by atoms with Gasteiger partial charge in [-0.1, -0.05) is 41.8 Å². The monoisotopic (exact) mass is 427 g/mol. The molecular formula is C23H23Cl2N3O. The zero-order valence-electron chi connectivity index (χ0n) is 16.0. The van der Waals surface area contributed by atoms with Crippen LogP contribution >= 0.6 is 23.2 Å². The molecule has 1 saturated heterocycles. The Morgan fingerprint density at radius 1 is 0.862 bits per heavy atom. The number of aliphatic hydroxyl groups is 1. The average molecular weight is 428 g/mol. The summed E-state index contributed by atoms with van der Waals surface area (Å²) in [5.74, 6) is 0. The van der Waals surface area contributed by atoms with Gasteiger partial charge in [0.1, 0.15) is 6.10 Å². The van der Waals surface area contributed by atoms with Crippen LogP contribution in [-0.2, 0) is 0 Å². The summed E-state index contributed by atoms with van der Waals surface area (Å²) < 4.78 is 0. The molecule has 6 heteroatoms. The van der Waals surface area contributed by atoms with E-state index in [9.17, 15) is 5.11 Å². The molecule has 2 aromatic heterocycles. The summed E-state index contributed by atoms with van der Waals surface area (Å²) in [7, 11) is 0. The lowest BCUT2D eigenvalue weighted by Gasteiger charge is -2.37. The average Bonchev–Trinajstić information content (AvgIpc) is 2.75. The normalized spacial score (nSPS) is 17.1. The van der Waals surface area contributed by atoms with E-state index >= 15 is 0 Å². The Kier molecular flexibility index (Phi) is 6.46. The van der Waals surface area contributed by atoms with Gasteiger partial charge in [0.2, 0.25) is 0 Å². The first-order chi connectivity index (χ1) is 14.1. The van der Waals surface area contributed by atoms with E-state index in [2.05, 4.69) is 14.9 Å². The van der Waals surface area contributed by atoms with Crippen molar-refractivity contribution in [1.29, 1.82) is 0 Å². The van der Waals surface area contributed by atoms with E-state index in [4.69, 9.17) is 23.2 Å². The standard InChI is InChI=1S/C23H23Cl2N3O/c24-17-13-16(14-18(25)15-17)21-19(7-6-10-27-21)23(29)22(20-8-2-3-9-26-20)28-11-4-1-5-12-28/h2-3,6-10,13-15,22-23,29H,1,4-5,11-12H2/t22-,23+/m0/s1. The molecule has 1 aromatic carbocycles. The van der Waals surface area contributed by atoms with Crippen molar-refractivity contribution >= 4 is 23.2 Å². The SMILES string of the molecule is O[C@H](c1cccnc1-c1cc(Cl)cc(Cl)c1)[C@H](c1ccccn1)N1CCCCC1. The summed E-state index contributed by atoms with van der Waals surface area (Å²) in [4.78, 5) is 11.5. The maximum atomic E-state index is 11.6. The smallest absolute Gasteiger partial charge is 0.102 e. The number of likely N-dealkylation sites (tertiary alicyclic amines) is 1. The number of piperidine rings is 1. The summed E-state index contributed by atoms with van der Waals surface area (Å²) in [6, 6.07) is 14.7. The predicted octanol–water partition coefficient (Wildman–Crippen LogP) is 5.71. The van der Waals surface area contributed by atoms with Crippen LogP contribution in [0.3, 0.4) is 0 Å². The van der Waals surface area contributed by atoms with Crippen LogP contribution in [-0.4, -0.2) is 33.1 Å². The molecule has 1 N–H and O–H groups in total. The maximum absolute atomic E-state index is 11.6. The summed E-state index contributed by atoms with van der Waals surface area (Å²) >= 11 is 12.4. The van der Waals surface area contributed by atoms with Crippen molar-refractivity contribution in [2.45, 2.75) is 31.4 Å². The zero-order valence-corrected chi connectivity index (χ0v) is 17.5. The molecule has 3 aromatic rings. The number of aromatic nitrogens is 2. The minimum atomic E-state index is -0.788. The lowest BCUT2D eigenvalue weighted by molar-refractivity contribution is 0.0342. The zero-order chi connectivity index (χ0) is 20.2. The molecule has 1 aliphatic rings. The molecule has 0 bridgehead atoms. The third-order valence-electron chi connectivity index (χ3n) is 5.37. The quantitative estimate of drug-likeness (QED) is 0.566. The van der Waals surface area contributed by atoms with E-state index in [-0.39, 0.29) is 6.04 Å². The van der Waals surface area contributed by atoms with Gasteiger partial charge in [-0.05, 0) is 62.3 Å². The van der Waals surface area contributed by atoms with Gasteiger partial charge in [-0.25, -0.2) is 0 Å². The van der Waals surface area contributed by atoms with Crippen LogP contribution in [0.2, 0.25) is 10.0 Å². The van der Waals surface area contributed by atoms with Gasteiger partial charge in [0.15, 0.2) is 0 Å². The van der Waals surface area contributed by atoms with Gasteiger partial charge in [0.25, 0.3) is 0 Å². The fourth-order valence-electron chi connectivity index (χ4n) is 4.05. The van der Waals surface area contributed by atoms with E-state index in [0.29, 0.717) is 15.7 Å². The maximum Gasteiger partial charge on any atom is 0.102 e. The number of halogens is 2. The van der Waals surface area contributed by atoms with Crippen LogP contribution < -0.4 is 0 Å². The molecular weight excluding hydrogens is 405 g/mol. The fraction of sp³-hybridized carbons (Fsp3) is 0.304. The molecule has 0 unspecified atom stereocenters. The number of hydrogen-bond donors (Lipinski definition) is 1. The Morgan fingerprint density at radius 2 is 1.59 bits per heavy atom. The number of rotatable bonds is 5. The fourth-order valence-corrected chi connectivity index (χ4v) is 4.58. The Balaban J connectivity index is 1.78. The van der Waals surface area contributed by atoms with Crippen molar-refractivity contribution in [3.8, 4) is 11.3 Å². The lowest BCUT2D eigenvalue weighted by atomic mass is 9.92. The molecule has 2 atom stereocenters. The number of benzene rings is 1. The molecule has 0 spiro atoms. The van der Waals surface area contributed by atoms with E-state index in [1.807, 2.05) is 42.5 Å². The molecule has 1 fully saturated rings. The van der Waals surface area contributed by atoms with Crippen LogP contribution in [0.25, 0.3) is 11.3 Å². The molecule has 0 aliphatic carbocycles. The highest BCUT2D eigenvalue weighted by atomic mass is 35.5. The summed E-state index contributed by atoms with van der Waals surface area (Å²) in [6.45, 7) is 1.88. The lowest BCUT2D eigenvalue weighted by Crippen LogP contribution is -2.37. The number of pyridine rings is 2. The highest BCUT2D eigenvalue weighted by Crippen LogP contribution is 2.39. The van der Waals surface area contributed by atoms with Crippen LogP contribution in [0.4, 0.5) is 0 Å². The van der Waals surface area contributed by atoms with E-state index in [1.165, 1.54) is 6.42 Å².